The van der Waals surface area contributed by atoms with Gasteiger partial charge in [-0.3, -0.25) is 4.79 Å². The number of nitrogens with one attached hydrogen (secondary N) is 1. The first-order valence-electron chi connectivity index (χ1n) is 9.38. The second kappa shape index (κ2) is 7.46. The van der Waals surface area contributed by atoms with Crippen molar-refractivity contribution in [3.05, 3.63) is 82.5 Å². The van der Waals surface area contributed by atoms with E-state index in [0.717, 1.165) is 28.1 Å². The van der Waals surface area contributed by atoms with Crippen LogP contribution in [0.15, 0.2) is 74.9 Å². The fraction of sp³-hybridized carbons (Fsp3) is 0.136. The van der Waals surface area contributed by atoms with E-state index in [4.69, 9.17) is 14.1 Å². The zero-order chi connectivity index (χ0) is 20.7. The molecule has 4 aromatic rings. The maximum absolute atomic E-state index is 13.2. The number of methoxy groups -OCH3 is 1. The summed E-state index contributed by atoms with van der Waals surface area (Å²) in [6, 6.07) is 18.3. The predicted octanol–water partition coefficient (Wildman–Crippen LogP) is 4.92. The molecule has 7 nitrogen and oxygen atoms in total. The molecule has 8 heteroatoms. The van der Waals surface area contributed by atoms with Crippen molar-refractivity contribution in [1.82, 2.24) is 15.0 Å². The average Bonchev–Trinajstić information content (AvgIpc) is 3.50. The van der Waals surface area contributed by atoms with Gasteiger partial charge >= 0.3 is 5.91 Å². The lowest BCUT2D eigenvalue weighted by Gasteiger charge is -2.18. The first-order chi connectivity index (χ1) is 14.6. The number of carbonyl (C=O) groups is 1. The molecule has 5 rings (SSSR count). The van der Waals surface area contributed by atoms with E-state index in [1.165, 1.54) is 5.01 Å². The van der Waals surface area contributed by atoms with Crippen molar-refractivity contribution in [2.45, 2.75) is 12.5 Å². The standard InChI is InChI=1S/C22H17BrN4O3/c1-29-14-8-6-13(7-9-14)17-12-18(21-24-15-4-2-3-5-16(15)25-21)27(26-17)22(28)19-10-11-20(23)30-19/h2-11,18H,12H2,1H3,(H,24,25). The summed E-state index contributed by atoms with van der Waals surface area (Å²) in [6.45, 7) is 0. The Morgan fingerprint density at radius 2 is 1.97 bits per heavy atom. The number of imidazole rings is 1. The molecule has 1 unspecified atom stereocenters. The lowest BCUT2D eigenvalue weighted by molar-refractivity contribution is 0.0671. The minimum absolute atomic E-state index is 0.211. The van der Waals surface area contributed by atoms with Gasteiger partial charge < -0.3 is 14.1 Å². The molecule has 1 atom stereocenters. The van der Waals surface area contributed by atoms with Gasteiger partial charge in [-0.25, -0.2) is 9.99 Å². The molecule has 0 saturated carbocycles. The highest BCUT2D eigenvalue weighted by molar-refractivity contribution is 9.10. The Kier molecular flexibility index (Phi) is 4.63. The largest absolute Gasteiger partial charge is 0.497 e. The lowest BCUT2D eigenvalue weighted by atomic mass is 10.0. The summed E-state index contributed by atoms with van der Waals surface area (Å²) in [7, 11) is 1.63. The van der Waals surface area contributed by atoms with Crippen LogP contribution in [0.1, 0.15) is 34.4 Å². The average molecular weight is 465 g/mol. The number of benzene rings is 2. The Bertz CT molecular complexity index is 1230. The van der Waals surface area contributed by atoms with Crippen LogP contribution in [0.3, 0.4) is 0 Å². The summed E-state index contributed by atoms with van der Waals surface area (Å²) < 4.78 is 11.2. The molecule has 30 heavy (non-hydrogen) atoms. The van der Waals surface area contributed by atoms with Crippen LogP contribution in [0, 0.1) is 0 Å². The van der Waals surface area contributed by atoms with Crippen LogP contribution >= 0.6 is 15.9 Å². The Hall–Kier alpha value is -3.39. The number of rotatable bonds is 4. The van der Waals surface area contributed by atoms with Crippen LogP contribution in [0.25, 0.3) is 11.0 Å². The molecule has 0 spiro atoms. The monoisotopic (exact) mass is 464 g/mol. The van der Waals surface area contributed by atoms with E-state index in [-0.39, 0.29) is 17.7 Å². The molecule has 2 aromatic carbocycles. The molecule has 1 N–H and O–H groups in total. The van der Waals surface area contributed by atoms with Crippen molar-refractivity contribution < 1.29 is 13.9 Å². The van der Waals surface area contributed by atoms with Crippen LogP contribution in [0.4, 0.5) is 0 Å². The van der Waals surface area contributed by atoms with Gasteiger partial charge in [0.15, 0.2) is 10.4 Å². The quantitative estimate of drug-likeness (QED) is 0.464. The molecule has 1 aliphatic heterocycles. The number of hydrogen-bond acceptors (Lipinski definition) is 5. The SMILES string of the molecule is COc1ccc(C2=NN(C(=O)c3ccc(Br)o3)C(c3nc4ccccc4[nH]3)C2)cc1. The third-order valence-corrected chi connectivity index (χ3v) is 5.48. The van der Waals surface area contributed by atoms with Crippen LogP contribution in [-0.2, 0) is 0 Å². The summed E-state index contributed by atoms with van der Waals surface area (Å²) in [6.07, 6.45) is 0.528. The molecule has 0 aliphatic carbocycles. The topological polar surface area (TPSA) is 83.7 Å². The highest BCUT2D eigenvalue weighted by Gasteiger charge is 2.36. The Morgan fingerprint density at radius 3 is 2.67 bits per heavy atom. The number of para-hydroxylation sites is 2. The zero-order valence-electron chi connectivity index (χ0n) is 16.0. The molecule has 0 radical (unpaired) electrons. The van der Waals surface area contributed by atoms with E-state index >= 15 is 0 Å². The highest BCUT2D eigenvalue weighted by atomic mass is 79.9. The van der Waals surface area contributed by atoms with Crippen molar-refractivity contribution in [2.24, 2.45) is 5.10 Å². The second-order valence-electron chi connectivity index (χ2n) is 6.89. The number of hydrazone groups is 1. The van der Waals surface area contributed by atoms with Gasteiger partial charge in [0.2, 0.25) is 0 Å². The Balaban J connectivity index is 1.54. The normalized spacial score (nSPS) is 16.1. The van der Waals surface area contributed by atoms with Gasteiger partial charge in [0.1, 0.15) is 17.6 Å². The fourth-order valence-corrected chi connectivity index (χ4v) is 3.85. The van der Waals surface area contributed by atoms with E-state index < -0.39 is 0 Å². The fourth-order valence-electron chi connectivity index (χ4n) is 3.54. The molecular weight excluding hydrogens is 448 g/mol. The number of ether oxygens (including phenoxy) is 1. The summed E-state index contributed by atoms with van der Waals surface area (Å²) in [4.78, 5) is 21.2. The van der Waals surface area contributed by atoms with Crippen molar-refractivity contribution in [3.63, 3.8) is 0 Å². The number of nitrogens with zero attached hydrogens (tertiary/aromatic N) is 3. The van der Waals surface area contributed by atoms with E-state index in [0.29, 0.717) is 16.9 Å². The van der Waals surface area contributed by atoms with Crippen molar-refractivity contribution in [3.8, 4) is 5.75 Å². The van der Waals surface area contributed by atoms with Gasteiger partial charge in [0.25, 0.3) is 0 Å². The maximum Gasteiger partial charge on any atom is 0.310 e. The maximum atomic E-state index is 13.2. The van der Waals surface area contributed by atoms with Crippen LogP contribution in [-0.4, -0.2) is 33.7 Å². The number of halogens is 1. The van der Waals surface area contributed by atoms with Gasteiger partial charge in [-0.05, 0) is 70.0 Å². The summed E-state index contributed by atoms with van der Waals surface area (Å²) in [5, 5.41) is 6.10. The van der Waals surface area contributed by atoms with Gasteiger partial charge in [0.05, 0.1) is 23.9 Å². The van der Waals surface area contributed by atoms with Gasteiger partial charge in [0, 0.05) is 6.42 Å². The van der Waals surface area contributed by atoms with Crippen LogP contribution < -0.4 is 4.74 Å². The molecule has 3 heterocycles. The van der Waals surface area contributed by atoms with Gasteiger partial charge in [-0.1, -0.05) is 12.1 Å². The zero-order valence-corrected chi connectivity index (χ0v) is 17.6. The number of hydrogen-bond donors (Lipinski definition) is 1. The van der Waals surface area contributed by atoms with E-state index in [2.05, 4.69) is 26.0 Å². The Morgan fingerprint density at radius 1 is 1.17 bits per heavy atom. The minimum Gasteiger partial charge on any atom is -0.497 e. The number of amides is 1. The summed E-state index contributed by atoms with van der Waals surface area (Å²) >= 11 is 3.25. The van der Waals surface area contributed by atoms with Crippen LogP contribution in [0.5, 0.6) is 5.75 Å². The smallest absolute Gasteiger partial charge is 0.310 e. The van der Waals surface area contributed by atoms with E-state index in [1.54, 1.807) is 19.2 Å². The first kappa shape index (κ1) is 18.6. The third-order valence-electron chi connectivity index (χ3n) is 5.05. The molecule has 0 fully saturated rings. The molecule has 2 aromatic heterocycles. The lowest BCUT2D eigenvalue weighted by Crippen LogP contribution is -2.27. The second-order valence-corrected chi connectivity index (χ2v) is 7.67. The minimum atomic E-state index is -0.370. The Labute approximate surface area is 180 Å². The molecule has 1 amide bonds. The van der Waals surface area contributed by atoms with E-state index in [1.807, 2.05) is 48.5 Å². The van der Waals surface area contributed by atoms with Crippen molar-refractivity contribution in [2.75, 3.05) is 7.11 Å². The highest BCUT2D eigenvalue weighted by Crippen LogP contribution is 2.34. The number of fused-ring (bicyclic) bond motifs is 1. The summed E-state index contributed by atoms with van der Waals surface area (Å²) in [5.41, 5.74) is 3.48. The number of H-pyrrole nitrogens is 1. The molecular formula is C22H17BrN4O3. The van der Waals surface area contributed by atoms with Crippen molar-refractivity contribution in [1.29, 1.82) is 0 Å². The van der Waals surface area contributed by atoms with E-state index in [9.17, 15) is 4.79 Å². The summed E-state index contributed by atoms with van der Waals surface area (Å²) in [5.74, 6) is 1.33. The molecule has 0 bridgehead atoms. The number of carbonyl (C=O) groups excluding carboxylic acids is 1. The third kappa shape index (κ3) is 3.29. The molecule has 1 aliphatic rings. The molecule has 0 saturated heterocycles. The number of furan rings is 1. The number of aromatic amines is 1. The molecule has 150 valence electrons. The predicted molar refractivity (Wildman–Crippen MR) is 116 cm³/mol. The van der Waals surface area contributed by atoms with Gasteiger partial charge in [-0.2, -0.15) is 5.10 Å². The number of aromatic nitrogens is 2. The van der Waals surface area contributed by atoms with Gasteiger partial charge in [-0.15, -0.1) is 0 Å². The van der Waals surface area contributed by atoms with Crippen LogP contribution in [0.2, 0.25) is 0 Å². The first-order valence-corrected chi connectivity index (χ1v) is 10.2. The van der Waals surface area contributed by atoms with Crippen molar-refractivity contribution >= 4 is 38.6 Å².